The lowest BCUT2D eigenvalue weighted by atomic mass is 10.1. The normalized spacial score (nSPS) is 11.3. The Balaban J connectivity index is 2.03. The van der Waals surface area contributed by atoms with Gasteiger partial charge in [-0.05, 0) is 32.8 Å². The van der Waals surface area contributed by atoms with Crippen molar-refractivity contribution >= 4 is 39.6 Å². The van der Waals surface area contributed by atoms with Gasteiger partial charge in [0.15, 0.2) is 0 Å². The van der Waals surface area contributed by atoms with Crippen LogP contribution in [-0.4, -0.2) is 8.07 Å². The molecule has 132 valence electrons. The Bertz CT molecular complexity index is 1000. The first-order chi connectivity index (χ1) is 13.2. The van der Waals surface area contributed by atoms with Crippen LogP contribution in [0.4, 0.5) is 0 Å². The Kier molecular flexibility index (Phi) is 5.10. The van der Waals surface area contributed by atoms with Gasteiger partial charge >= 0.3 is 0 Å². The summed E-state index contributed by atoms with van der Waals surface area (Å²) in [6, 6.07) is 39.4. The first-order valence-electron chi connectivity index (χ1n) is 9.17. The molecule has 0 fully saturated rings. The molecule has 4 aromatic carbocycles. The molecule has 0 aromatic heterocycles. The van der Waals surface area contributed by atoms with E-state index in [0.717, 1.165) is 4.47 Å². The van der Waals surface area contributed by atoms with E-state index >= 15 is 0 Å². The van der Waals surface area contributed by atoms with Crippen LogP contribution >= 0.6 is 15.9 Å². The molecule has 27 heavy (non-hydrogen) atoms. The van der Waals surface area contributed by atoms with E-state index < -0.39 is 8.07 Å². The molecule has 0 N–H and O–H groups in total. The molecule has 0 unspecified atom stereocenters. The molecule has 0 aliphatic heterocycles. The van der Waals surface area contributed by atoms with E-state index in [9.17, 15) is 0 Å². The van der Waals surface area contributed by atoms with Crippen molar-refractivity contribution in [3.63, 3.8) is 0 Å². The number of benzene rings is 4. The molecule has 0 nitrogen and oxygen atoms in total. The highest BCUT2D eigenvalue weighted by molar-refractivity contribution is 9.10. The van der Waals surface area contributed by atoms with E-state index in [0.29, 0.717) is 0 Å². The molecular weight excluding hydrogens is 408 g/mol. The summed E-state index contributed by atoms with van der Waals surface area (Å²) in [7, 11) is -2.15. The Morgan fingerprint density at radius 3 is 1.52 bits per heavy atom. The van der Waals surface area contributed by atoms with E-state index in [1.165, 1.54) is 26.7 Å². The molecule has 4 aromatic rings. The van der Waals surface area contributed by atoms with Gasteiger partial charge in [0.2, 0.25) is 0 Å². The van der Waals surface area contributed by atoms with Crippen molar-refractivity contribution < 1.29 is 0 Å². The lowest BCUT2D eigenvalue weighted by Gasteiger charge is -2.31. The largest absolute Gasteiger partial charge is 0.146 e. The predicted octanol–water partition coefficient (Wildman–Crippen LogP) is 5.22. The van der Waals surface area contributed by atoms with Crippen LogP contribution in [0.5, 0.6) is 0 Å². The monoisotopic (exact) mass is 428 g/mol. The van der Waals surface area contributed by atoms with E-state index in [-0.39, 0.29) is 0 Å². The standard InChI is InChI=1S/C25H21BrSi/c1-27(20-12-4-2-5-13-20,21-14-6-3-7-15-21)25-19-11-9-17-23(25)22-16-8-10-18-24(22)26/h2-19H,1H3. The molecule has 0 saturated carbocycles. The van der Waals surface area contributed by atoms with E-state index in [1.807, 2.05) is 0 Å². The Morgan fingerprint density at radius 1 is 0.519 bits per heavy atom. The summed E-state index contributed by atoms with van der Waals surface area (Å²) in [4.78, 5) is 0. The van der Waals surface area contributed by atoms with Crippen molar-refractivity contribution in [1.29, 1.82) is 0 Å². The maximum atomic E-state index is 3.76. The van der Waals surface area contributed by atoms with Crippen molar-refractivity contribution in [2.45, 2.75) is 6.55 Å². The maximum absolute atomic E-state index is 3.76. The number of rotatable bonds is 4. The highest BCUT2D eigenvalue weighted by Crippen LogP contribution is 2.28. The van der Waals surface area contributed by atoms with E-state index in [2.05, 4.69) is 132 Å². The summed E-state index contributed by atoms with van der Waals surface area (Å²) >= 11 is 3.76. The first kappa shape index (κ1) is 18.0. The molecule has 0 saturated heterocycles. The fourth-order valence-electron chi connectivity index (χ4n) is 3.85. The lowest BCUT2D eigenvalue weighted by Crippen LogP contribution is -2.65. The fourth-order valence-corrected chi connectivity index (χ4v) is 8.21. The van der Waals surface area contributed by atoms with Gasteiger partial charge in [-0.25, -0.2) is 0 Å². The third kappa shape index (κ3) is 3.31. The van der Waals surface area contributed by atoms with Crippen molar-refractivity contribution in [3.8, 4) is 11.1 Å². The molecule has 4 rings (SSSR count). The second kappa shape index (κ2) is 7.67. The molecule has 0 aliphatic carbocycles. The van der Waals surface area contributed by atoms with E-state index in [4.69, 9.17) is 0 Å². The van der Waals surface area contributed by atoms with Crippen molar-refractivity contribution in [2.24, 2.45) is 0 Å². The van der Waals surface area contributed by atoms with Gasteiger partial charge in [-0.3, -0.25) is 0 Å². The molecule has 0 atom stereocenters. The van der Waals surface area contributed by atoms with Crippen LogP contribution in [-0.2, 0) is 0 Å². The summed E-state index contributed by atoms with van der Waals surface area (Å²) in [5, 5.41) is 4.29. The van der Waals surface area contributed by atoms with Crippen LogP contribution in [0.3, 0.4) is 0 Å². The molecule has 0 spiro atoms. The highest BCUT2D eigenvalue weighted by Gasteiger charge is 2.36. The molecule has 0 heterocycles. The van der Waals surface area contributed by atoms with Crippen LogP contribution in [0.15, 0.2) is 114 Å². The number of hydrogen-bond acceptors (Lipinski definition) is 0. The van der Waals surface area contributed by atoms with Crippen LogP contribution < -0.4 is 15.6 Å². The van der Waals surface area contributed by atoms with Crippen LogP contribution in [0.1, 0.15) is 0 Å². The fraction of sp³-hybridized carbons (Fsp3) is 0.0400. The third-order valence-electron chi connectivity index (χ3n) is 5.33. The topological polar surface area (TPSA) is 0 Å². The molecule has 0 amide bonds. The average molecular weight is 429 g/mol. The van der Waals surface area contributed by atoms with Gasteiger partial charge in [0.1, 0.15) is 8.07 Å². The zero-order valence-corrected chi connectivity index (χ0v) is 17.9. The summed E-state index contributed by atoms with van der Waals surface area (Å²) in [5.74, 6) is 0. The van der Waals surface area contributed by atoms with Crippen LogP contribution in [0.2, 0.25) is 6.55 Å². The number of halogens is 1. The summed E-state index contributed by atoms with van der Waals surface area (Å²) in [6.45, 7) is 2.47. The van der Waals surface area contributed by atoms with Crippen molar-refractivity contribution in [2.75, 3.05) is 0 Å². The molecule has 0 radical (unpaired) electrons. The van der Waals surface area contributed by atoms with Gasteiger partial charge < -0.3 is 0 Å². The second-order valence-electron chi connectivity index (χ2n) is 6.88. The number of hydrogen-bond donors (Lipinski definition) is 0. The first-order valence-corrected chi connectivity index (χ1v) is 12.5. The van der Waals surface area contributed by atoms with Crippen LogP contribution in [0.25, 0.3) is 11.1 Å². The Labute approximate surface area is 170 Å². The summed E-state index contributed by atoms with van der Waals surface area (Å²) in [5.41, 5.74) is 2.56. The molecule has 2 heteroatoms. The molecule has 0 bridgehead atoms. The third-order valence-corrected chi connectivity index (χ3v) is 10.5. The summed E-state index contributed by atoms with van der Waals surface area (Å²) < 4.78 is 1.13. The van der Waals surface area contributed by atoms with Crippen molar-refractivity contribution in [1.82, 2.24) is 0 Å². The minimum absolute atomic E-state index is 1.13. The highest BCUT2D eigenvalue weighted by atomic mass is 79.9. The van der Waals surface area contributed by atoms with Gasteiger partial charge in [-0.15, -0.1) is 0 Å². The zero-order valence-electron chi connectivity index (χ0n) is 15.3. The van der Waals surface area contributed by atoms with Gasteiger partial charge in [-0.1, -0.05) is 126 Å². The summed E-state index contributed by atoms with van der Waals surface area (Å²) in [6.07, 6.45) is 0. The Hall–Kier alpha value is -2.42. The second-order valence-corrected chi connectivity index (χ2v) is 11.7. The Morgan fingerprint density at radius 2 is 0.963 bits per heavy atom. The minimum Gasteiger partial charge on any atom is -0.0624 e. The van der Waals surface area contributed by atoms with Gasteiger partial charge in [0.25, 0.3) is 0 Å². The average Bonchev–Trinajstić information content (AvgIpc) is 2.75. The van der Waals surface area contributed by atoms with Gasteiger partial charge in [-0.2, -0.15) is 0 Å². The predicted molar refractivity (Wildman–Crippen MR) is 123 cm³/mol. The lowest BCUT2D eigenvalue weighted by molar-refractivity contribution is 1.59. The van der Waals surface area contributed by atoms with Crippen molar-refractivity contribution in [3.05, 3.63) is 114 Å². The maximum Gasteiger partial charge on any atom is 0.146 e. The smallest absolute Gasteiger partial charge is 0.0624 e. The SMILES string of the molecule is C[Si](c1ccccc1)(c1ccccc1)c1ccccc1-c1ccccc1Br. The van der Waals surface area contributed by atoms with Gasteiger partial charge in [0.05, 0.1) is 0 Å². The minimum atomic E-state index is -2.15. The van der Waals surface area contributed by atoms with Gasteiger partial charge in [0, 0.05) is 4.47 Å². The zero-order chi connectivity index (χ0) is 18.7. The van der Waals surface area contributed by atoms with E-state index in [1.54, 1.807) is 0 Å². The molecule has 0 aliphatic rings. The quantitative estimate of drug-likeness (QED) is 0.308. The van der Waals surface area contributed by atoms with Crippen LogP contribution in [0, 0.1) is 0 Å². The molecular formula is C25H21BrSi.